The largest absolute Gasteiger partial charge is 0.228 e. The number of thiophene rings is 1. The second kappa shape index (κ2) is 16.4. The highest BCUT2D eigenvalue weighted by Crippen LogP contribution is 2.58. The molecule has 0 saturated carbocycles. The van der Waals surface area contributed by atoms with Gasteiger partial charge in [-0.05, 0) is 97.1 Å². The van der Waals surface area contributed by atoms with E-state index in [0.717, 1.165) is 44.8 Å². The van der Waals surface area contributed by atoms with Crippen LogP contribution in [0.4, 0.5) is 0 Å². The Kier molecular flexibility index (Phi) is 9.62. The van der Waals surface area contributed by atoms with Gasteiger partial charge >= 0.3 is 0 Å². The standard InChI is InChI=1S/C65H42N2S/c1-5-19-43(20-6-1)44-35-37-45(38-36-44)47-39-48(52-29-17-31-56-54-28-14-16-34-61(54)68-63(52)56)41-49(40-47)59-42-60(67-64(66-59)46-21-7-2-8-22-46)57-32-18-30-55-53-27-13-15-33-58(53)65(62(55)57,50-23-9-3-10-24-50)51-25-11-4-12-26-51/h1-42H. The third-order valence-corrected chi connectivity index (χ3v) is 15.0. The lowest BCUT2D eigenvalue weighted by Crippen LogP contribution is -2.29. The molecule has 0 saturated heterocycles. The van der Waals surface area contributed by atoms with Gasteiger partial charge in [-0.3, -0.25) is 0 Å². The van der Waals surface area contributed by atoms with Crippen molar-refractivity contribution in [1.29, 1.82) is 0 Å². The predicted molar refractivity (Wildman–Crippen MR) is 285 cm³/mol. The summed E-state index contributed by atoms with van der Waals surface area (Å²) in [6.07, 6.45) is 0. The van der Waals surface area contributed by atoms with E-state index >= 15 is 0 Å². The third-order valence-electron chi connectivity index (χ3n) is 13.8. The normalized spacial score (nSPS) is 12.5. The zero-order valence-corrected chi connectivity index (χ0v) is 37.9. The quantitative estimate of drug-likeness (QED) is 0.152. The Balaban J connectivity index is 1.07. The van der Waals surface area contributed by atoms with Crippen LogP contribution in [0, 0.1) is 0 Å². The van der Waals surface area contributed by atoms with Crippen LogP contribution in [0.25, 0.3) is 98.6 Å². The van der Waals surface area contributed by atoms with Crippen LogP contribution in [0.15, 0.2) is 255 Å². The Morgan fingerprint density at radius 3 is 1.54 bits per heavy atom. The molecule has 0 N–H and O–H groups in total. The van der Waals surface area contributed by atoms with Gasteiger partial charge in [0.15, 0.2) is 5.82 Å². The Morgan fingerprint density at radius 2 is 0.809 bits per heavy atom. The Bertz CT molecular complexity index is 3780. The van der Waals surface area contributed by atoms with Gasteiger partial charge in [0.05, 0.1) is 16.8 Å². The van der Waals surface area contributed by atoms with Crippen LogP contribution in [0.3, 0.4) is 0 Å². The molecule has 0 bridgehead atoms. The highest BCUT2D eigenvalue weighted by atomic mass is 32.1. The lowest BCUT2D eigenvalue weighted by molar-refractivity contribution is 0.769. The number of rotatable bonds is 8. The van der Waals surface area contributed by atoms with Crippen molar-refractivity contribution in [2.75, 3.05) is 0 Å². The lowest BCUT2D eigenvalue weighted by Gasteiger charge is -2.35. The highest BCUT2D eigenvalue weighted by Gasteiger charge is 2.47. The van der Waals surface area contributed by atoms with Crippen LogP contribution in [0.5, 0.6) is 0 Å². The van der Waals surface area contributed by atoms with E-state index in [-0.39, 0.29) is 0 Å². The van der Waals surface area contributed by atoms with Gasteiger partial charge in [0.1, 0.15) is 0 Å². The fourth-order valence-electron chi connectivity index (χ4n) is 10.7. The van der Waals surface area contributed by atoms with Gasteiger partial charge in [0.2, 0.25) is 0 Å². The molecule has 1 aliphatic carbocycles. The van der Waals surface area contributed by atoms with E-state index < -0.39 is 5.41 Å². The summed E-state index contributed by atoms with van der Waals surface area (Å²) in [5, 5.41) is 2.56. The third kappa shape index (κ3) is 6.54. The molecule has 0 radical (unpaired) electrons. The Hall–Kier alpha value is -8.50. The van der Waals surface area contributed by atoms with Gasteiger partial charge in [-0.25, -0.2) is 9.97 Å². The van der Waals surface area contributed by atoms with E-state index in [4.69, 9.17) is 9.97 Å². The predicted octanol–water partition coefficient (Wildman–Crippen LogP) is 17.2. The van der Waals surface area contributed by atoms with Crippen molar-refractivity contribution < 1.29 is 0 Å². The summed E-state index contributed by atoms with van der Waals surface area (Å²) >= 11 is 1.86. The maximum atomic E-state index is 5.55. The maximum Gasteiger partial charge on any atom is 0.160 e. The van der Waals surface area contributed by atoms with E-state index in [0.29, 0.717) is 5.82 Å². The summed E-state index contributed by atoms with van der Waals surface area (Å²) in [7, 11) is 0. The van der Waals surface area contributed by atoms with E-state index in [2.05, 4.69) is 255 Å². The summed E-state index contributed by atoms with van der Waals surface area (Å²) in [5.41, 5.74) is 18.6. The number of hydrogen-bond acceptors (Lipinski definition) is 3. The summed E-state index contributed by atoms with van der Waals surface area (Å²) < 4.78 is 2.57. The van der Waals surface area contributed by atoms with Crippen molar-refractivity contribution in [1.82, 2.24) is 9.97 Å². The van der Waals surface area contributed by atoms with Crippen LogP contribution in [-0.4, -0.2) is 9.97 Å². The van der Waals surface area contributed by atoms with Gasteiger partial charge in [0, 0.05) is 36.9 Å². The Labute approximate surface area is 400 Å². The molecule has 68 heavy (non-hydrogen) atoms. The van der Waals surface area contributed by atoms with Crippen LogP contribution in [-0.2, 0) is 5.41 Å². The van der Waals surface area contributed by atoms with Crippen molar-refractivity contribution >= 4 is 31.5 Å². The number of nitrogens with zero attached hydrogens (tertiary/aromatic N) is 2. The minimum absolute atomic E-state index is 0.606. The van der Waals surface area contributed by atoms with Crippen molar-refractivity contribution in [3.63, 3.8) is 0 Å². The number of aromatic nitrogens is 2. The molecular weight excluding hydrogens is 841 g/mol. The van der Waals surface area contributed by atoms with Crippen molar-refractivity contribution in [2.24, 2.45) is 0 Å². The maximum absolute atomic E-state index is 5.55. The molecule has 0 aliphatic heterocycles. The minimum Gasteiger partial charge on any atom is -0.228 e. The van der Waals surface area contributed by atoms with E-state index in [1.165, 1.54) is 70.2 Å². The zero-order chi connectivity index (χ0) is 45.0. The molecule has 0 unspecified atom stereocenters. The molecule has 13 rings (SSSR count). The first kappa shape index (κ1) is 39.8. The van der Waals surface area contributed by atoms with Crippen LogP contribution in [0.2, 0.25) is 0 Å². The molecule has 10 aromatic carbocycles. The number of hydrogen-bond donors (Lipinski definition) is 0. The first-order valence-electron chi connectivity index (χ1n) is 23.2. The first-order chi connectivity index (χ1) is 33.7. The molecule has 3 heteroatoms. The average Bonchev–Trinajstić information content (AvgIpc) is 3.96. The molecule has 318 valence electrons. The van der Waals surface area contributed by atoms with E-state index in [1.807, 2.05) is 11.3 Å². The molecule has 2 heterocycles. The first-order valence-corrected chi connectivity index (χ1v) is 24.0. The SMILES string of the molecule is c1ccc(-c2ccc(-c3cc(-c4cc(-c5cccc6c5C(c5ccccc5)(c5ccccc5)c5ccccc5-6)nc(-c5ccccc5)n4)cc(-c4cccc5c4sc4ccccc45)c3)cc2)cc1. The second-order valence-corrected chi connectivity index (χ2v) is 18.7. The summed E-state index contributed by atoms with van der Waals surface area (Å²) in [5.74, 6) is 0.682. The molecule has 0 amide bonds. The monoisotopic (exact) mass is 882 g/mol. The van der Waals surface area contributed by atoms with Gasteiger partial charge in [-0.1, -0.05) is 224 Å². The molecule has 12 aromatic rings. The van der Waals surface area contributed by atoms with Crippen LogP contribution in [0.1, 0.15) is 22.3 Å². The van der Waals surface area contributed by atoms with Gasteiger partial charge in [0.25, 0.3) is 0 Å². The fourth-order valence-corrected chi connectivity index (χ4v) is 12.0. The van der Waals surface area contributed by atoms with Gasteiger partial charge in [-0.2, -0.15) is 0 Å². The van der Waals surface area contributed by atoms with Gasteiger partial charge < -0.3 is 0 Å². The smallest absolute Gasteiger partial charge is 0.160 e. The second-order valence-electron chi connectivity index (χ2n) is 17.6. The van der Waals surface area contributed by atoms with Crippen molar-refractivity contribution in [3.05, 3.63) is 277 Å². The van der Waals surface area contributed by atoms with Crippen molar-refractivity contribution in [2.45, 2.75) is 5.41 Å². The van der Waals surface area contributed by atoms with E-state index in [9.17, 15) is 0 Å². The zero-order valence-electron chi connectivity index (χ0n) is 37.1. The van der Waals surface area contributed by atoms with E-state index in [1.54, 1.807) is 0 Å². The number of benzene rings is 10. The Morgan fingerprint density at radius 1 is 0.309 bits per heavy atom. The average molecular weight is 883 g/mol. The molecule has 1 aliphatic rings. The summed E-state index contributed by atoms with van der Waals surface area (Å²) in [4.78, 5) is 11.0. The number of fused-ring (bicyclic) bond motifs is 6. The lowest BCUT2D eigenvalue weighted by atomic mass is 9.66. The minimum atomic E-state index is -0.606. The fraction of sp³-hybridized carbons (Fsp3) is 0.0154. The summed E-state index contributed by atoms with van der Waals surface area (Å²) in [6.45, 7) is 0. The molecule has 0 fully saturated rings. The van der Waals surface area contributed by atoms with Crippen LogP contribution >= 0.6 is 11.3 Å². The summed E-state index contributed by atoms with van der Waals surface area (Å²) in [6, 6.07) is 92.4. The molecule has 2 nitrogen and oxygen atoms in total. The molecular formula is C65H42N2S. The molecule has 0 spiro atoms. The highest BCUT2D eigenvalue weighted by molar-refractivity contribution is 7.26. The molecule has 2 aromatic heterocycles. The molecule has 0 atom stereocenters. The topological polar surface area (TPSA) is 25.8 Å². The van der Waals surface area contributed by atoms with Gasteiger partial charge in [-0.15, -0.1) is 11.3 Å². The van der Waals surface area contributed by atoms with Crippen molar-refractivity contribution in [3.8, 4) is 78.4 Å². The van der Waals surface area contributed by atoms with Crippen LogP contribution < -0.4 is 0 Å².